The number of aryl methyl sites for hydroxylation is 2. The fourth-order valence-electron chi connectivity index (χ4n) is 5.38. The standard InChI is InChI=1S/C25H33N7O/c1-16-7-9-18(10-8-16)27-23-15-21(31-11-3-4-12-31)28-22-14-20(30-32(22)23)24-17(2)26-19-6-5-13-33-25(19)29-24/h14-16,18,27H,3-13H2,1-2H3/t16-,18+. The Balaban J connectivity index is 1.41. The van der Waals surface area contributed by atoms with Gasteiger partial charge in [-0.15, -0.1) is 0 Å². The van der Waals surface area contributed by atoms with Crippen LogP contribution in [0.4, 0.5) is 11.6 Å². The van der Waals surface area contributed by atoms with E-state index < -0.39 is 0 Å². The van der Waals surface area contributed by atoms with Crippen LogP contribution in [0.3, 0.4) is 0 Å². The van der Waals surface area contributed by atoms with Crippen LogP contribution in [0.5, 0.6) is 5.88 Å². The van der Waals surface area contributed by atoms with Crippen molar-refractivity contribution in [3.63, 3.8) is 0 Å². The summed E-state index contributed by atoms with van der Waals surface area (Å²) >= 11 is 0. The summed E-state index contributed by atoms with van der Waals surface area (Å²) in [7, 11) is 0. The molecular weight excluding hydrogens is 414 g/mol. The summed E-state index contributed by atoms with van der Waals surface area (Å²) in [4.78, 5) is 17.0. The molecule has 0 bridgehead atoms. The highest BCUT2D eigenvalue weighted by molar-refractivity contribution is 5.67. The molecule has 1 saturated heterocycles. The number of nitrogens with zero attached hydrogens (tertiary/aromatic N) is 6. The van der Waals surface area contributed by atoms with E-state index in [-0.39, 0.29) is 0 Å². The number of anilines is 2. The second-order valence-electron chi connectivity index (χ2n) is 9.96. The Hall–Kier alpha value is -2.90. The monoisotopic (exact) mass is 447 g/mol. The zero-order valence-corrected chi connectivity index (χ0v) is 19.7. The minimum absolute atomic E-state index is 0.476. The smallest absolute Gasteiger partial charge is 0.236 e. The van der Waals surface area contributed by atoms with E-state index in [1.807, 2.05) is 17.5 Å². The molecule has 1 N–H and O–H groups in total. The van der Waals surface area contributed by atoms with Gasteiger partial charge in [0.05, 0.1) is 12.3 Å². The summed E-state index contributed by atoms with van der Waals surface area (Å²) in [5.41, 5.74) is 4.26. The van der Waals surface area contributed by atoms with Crippen LogP contribution in [0.15, 0.2) is 12.1 Å². The quantitative estimate of drug-likeness (QED) is 0.634. The molecule has 8 heteroatoms. The molecule has 0 spiro atoms. The molecule has 2 fully saturated rings. The van der Waals surface area contributed by atoms with Gasteiger partial charge >= 0.3 is 0 Å². The highest BCUT2D eigenvalue weighted by Crippen LogP contribution is 2.31. The highest BCUT2D eigenvalue weighted by atomic mass is 16.5. The van der Waals surface area contributed by atoms with Crippen molar-refractivity contribution >= 4 is 17.3 Å². The number of fused-ring (bicyclic) bond motifs is 2. The SMILES string of the molecule is Cc1nc2c(nc1-c1cc3nc(N4CCCC4)cc(N[C@H]4CC[C@@H](C)CC4)n3n1)OCCC2. The predicted octanol–water partition coefficient (Wildman–Crippen LogP) is 4.41. The van der Waals surface area contributed by atoms with Gasteiger partial charge in [-0.3, -0.25) is 4.98 Å². The molecule has 0 amide bonds. The Morgan fingerprint density at radius 3 is 2.64 bits per heavy atom. The van der Waals surface area contributed by atoms with Crippen molar-refractivity contribution in [2.75, 3.05) is 29.9 Å². The molecule has 1 saturated carbocycles. The van der Waals surface area contributed by atoms with Crippen molar-refractivity contribution in [1.82, 2.24) is 24.6 Å². The zero-order chi connectivity index (χ0) is 22.4. The minimum atomic E-state index is 0.476. The molecular formula is C25H33N7O. The maximum atomic E-state index is 5.79. The van der Waals surface area contributed by atoms with E-state index >= 15 is 0 Å². The van der Waals surface area contributed by atoms with E-state index in [4.69, 9.17) is 24.8 Å². The van der Waals surface area contributed by atoms with Crippen LogP contribution >= 0.6 is 0 Å². The number of hydrogen-bond donors (Lipinski definition) is 1. The Labute approximate surface area is 194 Å². The maximum absolute atomic E-state index is 5.79. The fourth-order valence-corrected chi connectivity index (χ4v) is 5.38. The van der Waals surface area contributed by atoms with Crippen LogP contribution in [-0.2, 0) is 6.42 Å². The number of aromatic nitrogens is 5. The summed E-state index contributed by atoms with van der Waals surface area (Å²) in [5, 5.41) is 8.77. The van der Waals surface area contributed by atoms with Crippen LogP contribution in [0.1, 0.15) is 63.3 Å². The highest BCUT2D eigenvalue weighted by Gasteiger charge is 2.23. The summed E-state index contributed by atoms with van der Waals surface area (Å²) in [6, 6.07) is 4.70. The second-order valence-corrected chi connectivity index (χ2v) is 9.96. The molecule has 8 nitrogen and oxygen atoms in total. The lowest BCUT2D eigenvalue weighted by Crippen LogP contribution is -2.27. The lowest BCUT2D eigenvalue weighted by Gasteiger charge is -2.28. The van der Waals surface area contributed by atoms with E-state index in [1.54, 1.807) is 0 Å². The van der Waals surface area contributed by atoms with Crippen LogP contribution in [0.2, 0.25) is 0 Å². The van der Waals surface area contributed by atoms with Gasteiger partial charge in [-0.25, -0.2) is 9.97 Å². The maximum Gasteiger partial charge on any atom is 0.236 e. The van der Waals surface area contributed by atoms with Gasteiger partial charge in [-0.1, -0.05) is 6.92 Å². The van der Waals surface area contributed by atoms with Gasteiger partial charge in [0.2, 0.25) is 5.88 Å². The first-order chi connectivity index (χ1) is 16.1. The zero-order valence-electron chi connectivity index (χ0n) is 19.7. The first kappa shape index (κ1) is 20.7. The summed E-state index contributed by atoms with van der Waals surface area (Å²) in [6.07, 6.45) is 9.32. The topological polar surface area (TPSA) is 80.5 Å². The van der Waals surface area contributed by atoms with Crippen molar-refractivity contribution in [1.29, 1.82) is 0 Å². The number of nitrogens with one attached hydrogen (secondary N) is 1. The summed E-state index contributed by atoms with van der Waals surface area (Å²) < 4.78 is 7.74. The number of ether oxygens (including phenoxy) is 1. The molecule has 0 unspecified atom stereocenters. The summed E-state index contributed by atoms with van der Waals surface area (Å²) in [5.74, 6) is 3.53. The van der Waals surface area contributed by atoms with Gasteiger partial charge in [-0.2, -0.15) is 9.61 Å². The molecule has 33 heavy (non-hydrogen) atoms. The van der Waals surface area contributed by atoms with Crippen molar-refractivity contribution in [3.05, 3.63) is 23.5 Å². The average Bonchev–Trinajstić information content (AvgIpc) is 3.50. The van der Waals surface area contributed by atoms with Crippen LogP contribution < -0.4 is 15.0 Å². The third kappa shape index (κ3) is 4.00. The lowest BCUT2D eigenvalue weighted by molar-refractivity contribution is 0.272. The molecule has 0 aromatic carbocycles. The molecule has 5 heterocycles. The average molecular weight is 448 g/mol. The normalized spacial score (nSPS) is 22.9. The van der Waals surface area contributed by atoms with Crippen molar-refractivity contribution in [3.8, 4) is 17.3 Å². The molecule has 3 aliphatic rings. The molecule has 0 radical (unpaired) electrons. The van der Waals surface area contributed by atoms with E-state index in [0.29, 0.717) is 18.5 Å². The molecule has 6 rings (SSSR count). The van der Waals surface area contributed by atoms with Gasteiger partial charge in [0.25, 0.3) is 0 Å². The van der Waals surface area contributed by atoms with E-state index in [9.17, 15) is 0 Å². The summed E-state index contributed by atoms with van der Waals surface area (Å²) in [6.45, 7) is 7.20. The van der Waals surface area contributed by atoms with Crippen molar-refractivity contribution < 1.29 is 4.74 Å². The predicted molar refractivity (Wildman–Crippen MR) is 129 cm³/mol. The molecule has 0 atom stereocenters. The largest absolute Gasteiger partial charge is 0.476 e. The van der Waals surface area contributed by atoms with E-state index in [0.717, 1.165) is 71.9 Å². The molecule has 2 aliphatic heterocycles. The lowest BCUT2D eigenvalue weighted by atomic mass is 9.87. The third-order valence-corrected chi connectivity index (χ3v) is 7.36. The van der Waals surface area contributed by atoms with Crippen LogP contribution in [-0.4, -0.2) is 50.3 Å². The Kier molecular flexibility index (Phi) is 5.31. The van der Waals surface area contributed by atoms with Gasteiger partial charge in [-0.05, 0) is 64.2 Å². The second kappa shape index (κ2) is 8.47. The van der Waals surface area contributed by atoms with Crippen LogP contribution in [0.25, 0.3) is 17.0 Å². The van der Waals surface area contributed by atoms with Gasteiger partial charge in [0, 0.05) is 31.3 Å². The van der Waals surface area contributed by atoms with E-state index in [2.05, 4.69) is 23.2 Å². The first-order valence-corrected chi connectivity index (χ1v) is 12.6. The van der Waals surface area contributed by atoms with Crippen LogP contribution in [0, 0.1) is 12.8 Å². The number of rotatable bonds is 4. The van der Waals surface area contributed by atoms with Gasteiger partial charge < -0.3 is 15.0 Å². The molecule has 1 aliphatic carbocycles. The van der Waals surface area contributed by atoms with Gasteiger partial charge in [0.15, 0.2) is 5.65 Å². The minimum Gasteiger partial charge on any atom is -0.476 e. The Bertz CT molecular complexity index is 1160. The molecule has 3 aromatic rings. The molecule has 174 valence electrons. The fraction of sp³-hybridized carbons (Fsp3) is 0.600. The first-order valence-electron chi connectivity index (χ1n) is 12.6. The van der Waals surface area contributed by atoms with Crippen molar-refractivity contribution in [2.45, 2.75) is 71.3 Å². The van der Waals surface area contributed by atoms with E-state index in [1.165, 1.54) is 38.5 Å². The Morgan fingerprint density at radius 2 is 1.82 bits per heavy atom. The third-order valence-electron chi connectivity index (χ3n) is 7.36. The van der Waals surface area contributed by atoms with Crippen molar-refractivity contribution in [2.24, 2.45) is 5.92 Å². The molecule has 3 aromatic heterocycles. The van der Waals surface area contributed by atoms with Gasteiger partial charge in [0.1, 0.15) is 28.7 Å². The number of hydrogen-bond acceptors (Lipinski definition) is 7. The Morgan fingerprint density at radius 1 is 1.00 bits per heavy atom.